The molecule has 0 spiro atoms. The number of hydrazine groups is 1. The summed E-state index contributed by atoms with van der Waals surface area (Å²) >= 11 is 0. The lowest BCUT2D eigenvalue weighted by atomic mass is 10.2. The molecule has 1 heterocycles. The van der Waals surface area contributed by atoms with Crippen molar-refractivity contribution < 1.29 is 23.8 Å². The second-order valence-corrected chi connectivity index (χ2v) is 5.77. The summed E-state index contributed by atoms with van der Waals surface area (Å²) < 4.78 is 15.9. The van der Waals surface area contributed by atoms with E-state index in [4.69, 9.17) is 14.2 Å². The van der Waals surface area contributed by atoms with Crippen LogP contribution in [0.15, 0.2) is 48.5 Å². The summed E-state index contributed by atoms with van der Waals surface area (Å²) in [5, 5.41) is 0. The third-order valence-corrected chi connectivity index (χ3v) is 3.85. The first-order valence-corrected chi connectivity index (χ1v) is 8.52. The summed E-state index contributed by atoms with van der Waals surface area (Å²) in [4.78, 5) is 23.5. The fourth-order valence-electron chi connectivity index (χ4n) is 2.37. The van der Waals surface area contributed by atoms with Crippen molar-refractivity contribution in [2.24, 2.45) is 0 Å². The van der Waals surface area contributed by atoms with Gasteiger partial charge in [-0.2, -0.15) is 0 Å². The topological polar surface area (TPSA) is 85.9 Å². The van der Waals surface area contributed by atoms with Crippen molar-refractivity contribution in [2.75, 3.05) is 13.4 Å². The maximum Gasteiger partial charge on any atom is 0.276 e. The van der Waals surface area contributed by atoms with Crippen molar-refractivity contribution in [1.29, 1.82) is 0 Å². The Morgan fingerprint density at radius 3 is 2.63 bits per heavy atom. The Kier molecular flexibility index (Phi) is 5.94. The zero-order valence-corrected chi connectivity index (χ0v) is 14.9. The van der Waals surface area contributed by atoms with E-state index in [1.807, 2.05) is 12.1 Å². The Labute approximate surface area is 156 Å². The molecule has 1 aliphatic rings. The van der Waals surface area contributed by atoms with Gasteiger partial charge in [0.2, 0.25) is 6.79 Å². The number of amides is 2. The standard InChI is InChI=1S/C20H20N2O5/c1-2-14-3-7-16(8-4-14)25-12-20(24)22-21-19(23)10-6-15-5-9-17-18(11-15)27-13-26-17/h3-11H,2,12-13H2,1H3,(H,21,23)(H,22,24)/b10-6+. The minimum atomic E-state index is -0.465. The minimum absolute atomic E-state index is 0.194. The van der Waals surface area contributed by atoms with Gasteiger partial charge in [-0.15, -0.1) is 0 Å². The Balaban J connectivity index is 1.40. The zero-order chi connectivity index (χ0) is 19.1. The Morgan fingerprint density at radius 2 is 1.85 bits per heavy atom. The highest BCUT2D eigenvalue weighted by Gasteiger charge is 2.12. The smallest absolute Gasteiger partial charge is 0.276 e. The SMILES string of the molecule is CCc1ccc(OCC(=O)NNC(=O)/C=C/c2ccc3c(c2)OCO3)cc1. The van der Waals surface area contributed by atoms with Crippen LogP contribution in [0, 0.1) is 0 Å². The summed E-state index contributed by atoms with van der Waals surface area (Å²) in [6.45, 7) is 2.06. The number of aryl methyl sites for hydroxylation is 1. The first kappa shape index (κ1) is 18.3. The van der Waals surface area contributed by atoms with Gasteiger partial charge in [-0.3, -0.25) is 20.4 Å². The third-order valence-electron chi connectivity index (χ3n) is 3.85. The number of carbonyl (C=O) groups excluding carboxylic acids is 2. The molecule has 2 N–H and O–H groups in total. The van der Waals surface area contributed by atoms with E-state index in [1.165, 1.54) is 11.6 Å². The first-order valence-electron chi connectivity index (χ1n) is 8.52. The fraction of sp³-hybridized carbons (Fsp3) is 0.200. The number of carbonyl (C=O) groups is 2. The van der Waals surface area contributed by atoms with E-state index >= 15 is 0 Å². The van der Waals surface area contributed by atoms with Crippen LogP contribution in [-0.2, 0) is 16.0 Å². The molecule has 0 fully saturated rings. The van der Waals surface area contributed by atoms with Crippen LogP contribution in [0.4, 0.5) is 0 Å². The molecule has 0 aliphatic carbocycles. The van der Waals surface area contributed by atoms with Crippen molar-refractivity contribution in [3.8, 4) is 17.2 Å². The number of hydrogen-bond donors (Lipinski definition) is 2. The summed E-state index contributed by atoms with van der Waals surface area (Å²) in [5.41, 5.74) is 6.56. The molecule has 0 atom stereocenters. The molecule has 3 rings (SSSR count). The van der Waals surface area contributed by atoms with Gasteiger partial charge in [-0.05, 0) is 47.9 Å². The van der Waals surface area contributed by atoms with E-state index in [-0.39, 0.29) is 13.4 Å². The molecule has 0 saturated heterocycles. The van der Waals surface area contributed by atoms with Crippen molar-refractivity contribution in [1.82, 2.24) is 10.9 Å². The molecule has 2 aromatic rings. The molecule has 0 bridgehead atoms. The zero-order valence-electron chi connectivity index (χ0n) is 14.9. The van der Waals surface area contributed by atoms with Gasteiger partial charge < -0.3 is 14.2 Å². The molecular formula is C20H20N2O5. The predicted octanol–water partition coefficient (Wildman–Crippen LogP) is 2.22. The molecule has 0 unspecified atom stereocenters. The molecular weight excluding hydrogens is 348 g/mol. The van der Waals surface area contributed by atoms with E-state index < -0.39 is 11.8 Å². The summed E-state index contributed by atoms with van der Waals surface area (Å²) in [6, 6.07) is 12.8. The number of hydrogen-bond acceptors (Lipinski definition) is 5. The largest absolute Gasteiger partial charge is 0.484 e. The minimum Gasteiger partial charge on any atom is -0.484 e. The summed E-state index contributed by atoms with van der Waals surface area (Å²) in [5.74, 6) is 0.979. The molecule has 2 aromatic carbocycles. The van der Waals surface area contributed by atoms with Gasteiger partial charge in [-0.25, -0.2) is 0 Å². The number of rotatable bonds is 6. The van der Waals surface area contributed by atoms with Crippen molar-refractivity contribution >= 4 is 17.9 Å². The van der Waals surface area contributed by atoms with Gasteiger partial charge >= 0.3 is 0 Å². The molecule has 0 aromatic heterocycles. The van der Waals surface area contributed by atoms with Crippen LogP contribution >= 0.6 is 0 Å². The molecule has 27 heavy (non-hydrogen) atoms. The molecule has 7 heteroatoms. The average Bonchev–Trinajstić information content (AvgIpc) is 3.17. The lowest BCUT2D eigenvalue weighted by Gasteiger charge is -2.08. The summed E-state index contributed by atoms with van der Waals surface area (Å²) in [7, 11) is 0. The number of ether oxygens (including phenoxy) is 3. The molecule has 2 amide bonds. The Bertz CT molecular complexity index is 846. The van der Waals surface area contributed by atoms with Crippen LogP contribution in [0.3, 0.4) is 0 Å². The fourth-order valence-corrected chi connectivity index (χ4v) is 2.37. The van der Waals surface area contributed by atoms with Crippen LogP contribution in [0.2, 0.25) is 0 Å². The lowest BCUT2D eigenvalue weighted by Crippen LogP contribution is -2.43. The second kappa shape index (κ2) is 8.75. The number of benzene rings is 2. The van der Waals surface area contributed by atoms with E-state index in [1.54, 1.807) is 36.4 Å². The number of fused-ring (bicyclic) bond motifs is 1. The average molecular weight is 368 g/mol. The van der Waals surface area contributed by atoms with Crippen LogP contribution in [0.1, 0.15) is 18.1 Å². The van der Waals surface area contributed by atoms with Crippen LogP contribution in [0.25, 0.3) is 6.08 Å². The van der Waals surface area contributed by atoms with E-state index in [2.05, 4.69) is 17.8 Å². The van der Waals surface area contributed by atoms with Crippen LogP contribution in [-0.4, -0.2) is 25.2 Å². The monoisotopic (exact) mass is 368 g/mol. The highest BCUT2D eigenvalue weighted by atomic mass is 16.7. The van der Waals surface area contributed by atoms with Gasteiger partial charge in [0, 0.05) is 6.08 Å². The van der Waals surface area contributed by atoms with Crippen molar-refractivity contribution in [3.63, 3.8) is 0 Å². The Hall–Kier alpha value is -3.48. The highest BCUT2D eigenvalue weighted by molar-refractivity contribution is 5.93. The molecule has 7 nitrogen and oxygen atoms in total. The van der Waals surface area contributed by atoms with E-state index in [0.29, 0.717) is 17.2 Å². The van der Waals surface area contributed by atoms with E-state index in [9.17, 15) is 9.59 Å². The maximum atomic E-state index is 11.8. The molecule has 0 radical (unpaired) electrons. The summed E-state index contributed by atoms with van der Waals surface area (Å²) in [6.07, 6.45) is 3.85. The quantitative estimate of drug-likeness (QED) is 0.603. The van der Waals surface area contributed by atoms with Crippen LogP contribution < -0.4 is 25.1 Å². The van der Waals surface area contributed by atoms with Gasteiger partial charge in [0.1, 0.15) is 5.75 Å². The van der Waals surface area contributed by atoms with Gasteiger partial charge in [-0.1, -0.05) is 25.1 Å². The molecule has 0 saturated carbocycles. The van der Waals surface area contributed by atoms with Gasteiger partial charge in [0.05, 0.1) is 0 Å². The van der Waals surface area contributed by atoms with Crippen molar-refractivity contribution in [3.05, 3.63) is 59.7 Å². The molecule has 1 aliphatic heterocycles. The van der Waals surface area contributed by atoms with Gasteiger partial charge in [0.25, 0.3) is 11.8 Å². The molecule has 140 valence electrons. The lowest BCUT2D eigenvalue weighted by molar-refractivity contribution is -0.128. The highest BCUT2D eigenvalue weighted by Crippen LogP contribution is 2.32. The van der Waals surface area contributed by atoms with Gasteiger partial charge in [0.15, 0.2) is 18.1 Å². The number of nitrogens with one attached hydrogen (secondary N) is 2. The van der Waals surface area contributed by atoms with Crippen molar-refractivity contribution in [2.45, 2.75) is 13.3 Å². The van der Waals surface area contributed by atoms with Crippen LogP contribution in [0.5, 0.6) is 17.2 Å². The third kappa shape index (κ3) is 5.24. The normalized spacial score (nSPS) is 12.0. The van der Waals surface area contributed by atoms with E-state index in [0.717, 1.165) is 12.0 Å². The first-order chi connectivity index (χ1) is 13.1. The maximum absolute atomic E-state index is 11.8. The predicted molar refractivity (Wildman–Crippen MR) is 99.2 cm³/mol. The second-order valence-electron chi connectivity index (χ2n) is 5.77. The Morgan fingerprint density at radius 1 is 1.07 bits per heavy atom.